The number of rotatable bonds is 7. The largest absolute Gasteiger partial charge is 0.378 e. The van der Waals surface area contributed by atoms with Crippen LogP contribution in [0, 0.1) is 10.1 Å². The van der Waals surface area contributed by atoms with Crippen LogP contribution >= 0.6 is 0 Å². The molecule has 0 heterocycles. The quantitative estimate of drug-likeness (QED) is 0.586. The van der Waals surface area contributed by atoms with E-state index >= 15 is 0 Å². The summed E-state index contributed by atoms with van der Waals surface area (Å²) in [6.07, 6.45) is 2.36. The molecule has 1 aromatic rings. The van der Waals surface area contributed by atoms with E-state index in [-0.39, 0.29) is 10.6 Å². The van der Waals surface area contributed by atoms with Gasteiger partial charge in [0.25, 0.3) is 0 Å². The van der Waals surface area contributed by atoms with Crippen LogP contribution in [0.25, 0.3) is 0 Å². The van der Waals surface area contributed by atoms with E-state index in [0.717, 1.165) is 6.26 Å². The third-order valence-corrected chi connectivity index (χ3v) is 4.75. The molecule has 0 aliphatic rings. The zero-order chi connectivity index (χ0) is 16.3. The van der Waals surface area contributed by atoms with E-state index in [2.05, 4.69) is 5.32 Å². The molecule has 0 aliphatic carbocycles. The lowest BCUT2D eigenvalue weighted by Crippen LogP contribution is -2.45. The molecule has 0 bridgehead atoms. The van der Waals surface area contributed by atoms with Gasteiger partial charge in [0.05, 0.1) is 4.92 Å². The Morgan fingerprint density at radius 3 is 2.33 bits per heavy atom. The molecule has 8 heteroatoms. The molecular formula is C13H21N3O4S. The second-order valence-corrected chi connectivity index (χ2v) is 7.09. The first-order valence-corrected chi connectivity index (χ1v) is 8.54. The monoisotopic (exact) mass is 315 g/mol. The highest BCUT2D eigenvalue weighted by molar-refractivity contribution is 7.90. The van der Waals surface area contributed by atoms with Crippen molar-refractivity contribution in [2.24, 2.45) is 5.73 Å². The minimum Gasteiger partial charge on any atom is -0.378 e. The van der Waals surface area contributed by atoms with Gasteiger partial charge in [-0.2, -0.15) is 0 Å². The number of hydrogen-bond acceptors (Lipinski definition) is 6. The van der Waals surface area contributed by atoms with Crippen LogP contribution in [0.2, 0.25) is 0 Å². The minimum atomic E-state index is -3.68. The Balaban J connectivity index is 3.23. The SMILES string of the molecule is CCC(N)(CC)CNc1cccc(S(C)(=O)=O)c1[N+](=O)[O-]. The second kappa shape index (κ2) is 6.40. The summed E-state index contributed by atoms with van der Waals surface area (Å²) in [6.45, 7) is 4.20. The molecule has 118 valence electrons. The van der Waals surface area contributed by atoms with E-state index in [0.29, 0.717) is 19.4 Å². The lowest BCUT2D eigenvalue weighted by molar-refractivity contribution is -0.386. The van der Waals surface area contributed by atoms with E-state index in [1.807, 2.05) is 13.8 Å². The summed E-state index contributed by atoms with van der Waals surface area (Å²) >= 11 is 0. The van der Waals surface area contributed by atoms with Crippen LogP contribution in [0.3, 0.4) is 0 Å². The van der Waals surface area contributed by atoms with Gasteiger partial charge in [0, 0.05) is 18.3 Å². The summed E-state index contributed by atoms with van der Waals surface area (Å²) < 4.78 is 23.3. The van der Waals surface area contributed by atoms with Crippen molar-refractivity contribution in [1.29, 1.82) is 0 Å². The van der Waals surface area contributed by atoms with Gasteiger partial charge in [-0.05, 0) is 25.0 Å². The standard InChI is InChI=1S/C13H21N3O4S/c1-4-13(14,5-2)9-15-10-7-6-8-11(21(3,19)20)12(10)16(17)18/h6-8,15H,4-5,9,14H2,1-3H3. The van der Waals surface area contributed by atoms with Gasteiger partial charge in [0.2, 0.25) is 0 Å². The van der Waals surface area contributed by atoms with Crippen molar-refractivity contribution in [3.05, 3.63) is 28.3 Å². The summed E-state index contributed by atoms with van der Waals surface area (Å²) in [7, 11) is -3.68. The summed E-state index contributed by atoms with van der Waals surface area (Å²) in [5, 5.41) is 14.1. The van der Waals surface area contributed by atoms with Crippen LogP contribution < -0.4 is 11.1 Å². The predicted octanol–water partition coefficient (Wildman–Crippen LogP) is 1.93. The molecule has 0 amide bonds. The highest BCUT2D eigenvalue weighted by Gasteiger charge is 2.27. The highest BCUT2D eigenvalue weighted by Crippen LogP contribution is 2.32. The highest BCUT2D eigenvalue weighted by atomic mass is 32.2. The van der Waals surface area contributed by atoms with Crippen molar-refractivity contribution < 1.29 is 13.3 Å². The van der Waals surface area contributed by atoms with Crippen LogP contribution in [0.5, 0.6) is 0 Å². The van der Waals surface area contributed by atoms with Crippen LogP contribution in [0.1, 0.15) is 26.7 Å². The van der Waals surface area contributed by atoms with E-state index in [4.69, 9.17) is 5.73 Å². The van der Waals surface area contributed by atoms with Gasteiger partial charge < -0.3 is 11.1 Å². The number of nitro groups is 1. The zero-order valence-electron chi connectivity index (χ0n) is 12.4. The molecule has 0 aromatic heterocycles. The molecule has 0 aliphatic heterocycles. The Bertz CT molecular complexity index is 624. The predicted molar refractivity (Wildman–Crippen MR) is 82.2 cm³/mol. The van der Waals surface area contributed by atoms with Crippen LogP contribution in [-0.2, 0) is 9.84 Å². The lowest BCUT2D eigenvalue weighted by Gasteiger charge is -2.27. The average molecular weight is 315 g/mol. The maximum Gasteiger partial charge on any atom is 0.310 e. The van der Waals surface area contributed by atoms with E-state index in [1.165, 1.54) is 18.2 Å². The fourth-order valence-electron chi connectivity index (χ4n) is 1.92. The number of anilines is 1. The molecule has 21 heavy (non-hydrogen) atoms. The number of benzene rings is 1. The van der Waals surface area contributed by atoms with Gasteiger partial charge in [-0.25, -0.2) is 8.42 Å². The number of nitro benzene ring substituents is 1. The summed E-state index contributed by atoms with van der Waals surface area (Å²) in [6, 6.07) is 4.19. The maximum absolute atomic E-state index is 11.7. The van der Waals surface area contributed by atoms with Gasteiger partial charge >= 0.3 is 5.69 Å². The molecule has 0 spiro atoms. The summed E-state index contributed by atoms with van der Waals surface area (Å²) in [5.41, 5.74) is 5.38. The number of hydrogen-bond donors (Lipinski definition) is 2. The van der Waals surface area contributed by atoms with Crippen molar-refractivity contribution in [3.8, 4) is 0 Å². The van der Waals surface area contributed by atoms with Crippen LogP contribution in [-0.4, -0.2) is 31.7 Å². The Morgan fingerprint density at radius 2 is 1.90 bits per heavy atom. The normalized spacial score (nSPS) is 12.2. The lowest BCUT2D eigenvalue weighted by atomic mass is 9.94. The summed E-state index contributed by atoms with van der Waals surface area (Å²) in [5.74, 6) is 0. The molecule has 1 aromatic carbocycles. The molecule has 1 rings (SSSR count). The number of para-hydroxylation sites is 1. The Hall–Kier alpha value is -1.67. The van der Waals surface area contributed by atoms with Gasteiger partial charge in [-0.1, -0.05) is 19.9 Å². The molecule has 0 saturated heterocycles. The minimum absolute atomic E-state index is 0.166. The Labute approximate surface area is 124 Å². The van der Waals surface area contributed by atoms with Crippen molar-refractivity contribution in [2.45, 2.75) is 37.1 Å². The number of nitrogens with two attached hydrogens (primary N) is 1. The molecule has 0 unspecified atom stereocenters. The third kappa shape index (κ3) is 4.15. The van der Waals surface area contributed by atoms with E-state index < -0.39 is 26.0 Å². The summed E-state index contributed by atoms with van der Waals surface area (Å²) in [4.78, 5) is 10.2. The smallest absolute Gasteiger partial charge is 0.310 e. The fraction of sp³-hybridized carbons (Fsp3) is 0.538. The van der Waals surface area contributed by atoms with Gasteiger partial charge in [-0.3, -0.25) is 10.1 Å². The van der Waals surface area contributed by atoms with E-state index in [1.54, 1.807) is 0 Å². The number of nitrogens with one attached hydrogen (secondary N) is 1. The van der Waals surface area contributed by atoms with Crippen LogP contribution in [0.15, 0.2) is 23.1 Å². The molecule has 0 fully saturated rings. The third-order valence-electron chi connectivity index (χ3n) is 3.62. The maximum atomic E-state index is 11.7. The first-order chi connectivity index (χ1) is 9.64. The van der Waals surface area contributed by atoms with Crippen molar-refractivity contribution >= 4 is 21.2 Å². The van der Waals surface area contributed by atoms with Gasteiger partial charge in [-0.15, -0.1) is 0 Å². The molecule has 0 saturated carbocycles. The van der Waals surface area contributed by atoms with Crippen molar-refractivity contribution in [1.82, 2.24) is 0 Å². The fourth-order valence-corrected chi connectivity index (χ4v) is 2.79. The zero-order valence-corrected chi connectivity index (χ0v) is 13.2. The first kappa shape index (κ1) is 17.4. The second-order valence-electron chi connectivity index (χ2n) is 5.10. The molecule has 0 radical (unpaired) electrons. The van der Waals surface area contributed by atoms with E-state index in [9.17, 15) is 18.5 Å². The molecule has 7 nitrogen and oxygen atoms in total. The molecular weight excluding hydrogens is 294 g/mol. The Kier molecular flexibility index (Phi) is 5.30. The number of sulfone groups is 1. The van der Waals surface area contributed by atoms with Crippen molar-refractivity contribution in [3.63, 3.8) is 0 Å². The van der Waals surface area contributed by atoms with Crippen molar-refractivity contribution in [2.75, 3.05) is 18.1 Å². The first-order valence-electron chi connectivity index (χ1n) is 6.65. The number of nitrogens with zero attached hydrogens (tertiary/aromatic N) is 1. The topological polar surface area (TPSA) is 115 Å². The Morgan fingerprint density at radius 1 is 1.33 bits per heavy atom. The molecule has 3 N–H and O–H groups in total. The van der Waals surface area contributed by atoms with Crippen LogP contribution in [0.4, 0.5) is 11.4 Å². The van der Waals surface area contributed by atoms with Gasteiger partial charge in [0.1, 0.15) is 10.6 Å². The molecule has 0 atom stereocenters. The average Bonchev–Trinajstić information content (AvgIpc) is 2.43. The van der Waals surface area contributed by atoms with Gasteiger partial charge in [0.15, 0.2) is 9.84 Å².